The Balaban J connectivity index is 1.88. The number of aliphatic hydroxyl groups is 1. The lowest BCUT2D eigenvalue weighted by molar-refractivity contribution is -0.126. The molecule has 1 aromatic rings. The third-order valence-electron chi connectivity index (χ3n) is 3.96. The quantitative estimate of drug-likeness (QED) is 0.885. The summed E-state index contributed by atoms with van der Waals surface area (Å²) in [7, 11) is 1.63. The molecule has 0 saturated carbocycles. The minimum Gasteiger partial charge on any atom is -0.387 e. The van der Waals surface area contributed by atoms with E-state index in [4.69, 9.17) is 0 Å². The number of aliphatic hydroxyl groups excluding tert-OH is 1. The predicted octanol–water partition coefficient (Wildman–Crippen LogP) is 1.46. The van der Waals surface area contributed by atoms with Crippen LogP contribution in [0.4, 0.5) is 8.78 Å². The standard InChI is InChI=1S/C15H20F2N2O2/c1-18-15(21)10-4-6-19(7-5-10)9-14(20)11-2-3-12(16)13(17)8-11/h2-3,8,10,14,20H,4-7,9H2,1H3,(H,18,21). The van der Waals surface area contributed by atoms with Gasteiger partial charge in [0.15, 0.2) is 11.6 Å². The molecule has 116 valence electrons. The van der Waals surface area contributed by atoms with Crippen molar-refractivity contribution < 1.29 is 18.7 Å². The maximum Gasteiger partial charge on any atom is 0.222 e. The number of amides is 1. The highest BCUT2D eigenvalue weighted by Crippen LogP contribution is 2.22. The number of carbonyl (C=O) groups excluding carboxylic acids is 1. The van der Waals surface area contributed by atoms with Gasteiger partial charge >= 0.3 is 0 Å². The molecule has 0 aromatic heterocycles. The first-order chi connectivity index (χ1) is 10.0. The average Bonchev–Trinajstić information content (AvgIpc) is 2.50. The van der Waals surface area contributed by atoms with Crippen LogP contribution in [0.5, 0.6) is 0 Å². The van der Waals surface area contributed by atoms with Gasteiger partial charge in [-0.3, -0.25) is 4.79 Å². The van der Waals surface area contributed by atoms with Gasteiger partial charge in [0.05, 0.1) is 6.10 Å². The zero-order valence-electron chi connectivity index (χ0n) is 12.0. The van der Waals surface area contributed by atoms with Crippen molar-refractivity contribution in [1.82, 2.24) is 10.2 Å². The van der Waals surface area contributed by atoms with Gasteiger partial charge in [-0.1, -0.05) is 6.07 Å². The molecular formula is C15H20F2N2O2. The van der Waals surface area contributed by atoms with Crippen molar-refractivity contribution in [3.63, 3.8) is 0 Å². The van der Waals surface area contributed by atoms with Crippen molar-refractivity contribution in [3.8, 4) is 0 Å². The fourth-order valence-electron chi connectivity index (χ4n) is 2.65. The zero-order valence-corrected chi connectivity index (χ0v) is 12.0. The summed E-state index contributed by atoms with van der Waals surface area (Å²) in [6.45, 7) is 1.77. The van der Waals surface area contributed by atoms with E-state index in [1.165, 1.54) is 6.07 Å². The lowest BCUT2D eigenvalue weighted by Crippen LogP contribution is -2.41. The van der Waals surface area contributed by atoms with Gasteiger partial charge in [-0.25, -0.2) is 8.78 Å². The van der Waals surface area contributed by atoms with Crippen LogP contribution in [0.25, 0.3) is 0 Å². The second-order valence-corrected chi connectivity index (χ2v) is 5.38. The van der Waals surface area contributed by atoms with E-state index in [0.717, 1.165) is 25.0 Å². The fourth-order valence-corrected chi connectivity index (χ4v) is 2.65. The Bertz CT molecular complexity index is 502. The normalized spacial score (nSPS) is 18.5. The lowest BCUT2D eigenvalue weighted by Gasteiger charge is -2.32. The number of hydrogen-bond donors (Lipinski definition) is 2. The Kier molecular flexibility index (Phi) is 5.25. The van der Waals surface area contributed by atoms with Crippen LogP contribution < -0.4 is 5.32 Å². The molecular weight excluding hydrogens is 278 g/mol. The summed E-state index contributed by atoms with van der Waals surface area (Å²) >= 11 is 0. The molecule has 1 saturated heterocycles. The Morgan fingerprint density at radius 3 is 2.62 bits per heavy atom. The molecule has 0 aliphatic carbocycles. The number of nitrogens with one attached hydrogen (secondary N) is 1. The molecule has 21 heavy (non-hydrogen) atoms. The number of carbonyl (C=O) groups is 1. The van der Waals surface area contributed by atoms with E-state index in [1.54, 1.807) is 7.05 Å². The van der Waals surface area contributed by atoms with Gasteiger partial charge in [0.1, 0.15) is 0 Å². The SMILES string of the molecule is CNC(=O)C1CCN(CC(O)c2ccc(F)c(F)c2)CC1. The van der Waals surface area contributed by atoms with Crippen molar-refractivity contribution in [2.45, 2.75) is 18.9 Å². The lowest BCUT2D eigenvalue weighted by atomic mass is 9.95. The third kappa shape index (κ3) is 3.98. The first-order valence-electron chi connectivity index (χ1n) is 7.08. The van der Waals surface area contributed by atoms with Gasteiger partial charge in [-0.2, -0.15) is 0 Å². The molecule has 4 nitrogen and oxygen atoms in total. The van der Waals surface area contributed by atoms with Gasteiger partial charge < -0.3 is 15.3 Å². The van der Waals surface area contributed by atoms with Gasteiger partial charge in [0.25, 0.3) is 0 Å². The van der Waals surface area contributed by atoms with E-state index >= 15 is 0 Å². The molecule has 2 N–H and O–H groups in total. The van der Waals surface area contributed by atoms with Crippen LogP contribution in [0.2, 0.25) is 0 Å². The van der Waals surface area contributed by atoms with Gasteiger partial charge in [-0.05, 0) is 43.6 Å². The van der Waals surface area contributed by atoms with Crippen LogP contribution in [0.15, 0.2) is 18.2 Å². The Labute approximate surface area is 122 Å². The van der Waals surface area contributed by atoms with Crippen LogP contribution in [0, 0.1) is 17.6 Å². The van der Waals surface area contributed by atoms with Crippen LogP contribution in [0.1, 0.15) is 24.5 Å². The van der Waals surface area contributed by atoms with Crippen LogP contribution in [-0.2, 0) is 4.79 Å². The second-order valence-electron chi connectivity index (χ2n) is 5.38. The minimum atomic E-state index is -0.954. The van der Waals surface area contributed by atoms with Crippen molar-refractivity contribution in [2.75, 3.05) is 26.7 Å². The van der Waals surface area contributed by atoms with E-state index in [0.29, 0.717) is 25.2 Å². The Hall–Kier alpha value is -1.53. The highest BCUT2D eigenvalue weighted by atomic mass is 19.2. The average molecular weight is 298 g/mol. The van der Waals surface area contributed by atoms with E-state index in [9.17, 15) is 18.7 Å². The van der Waals surface area contributed by atoms with Gasteiger partial charge in [0, 0.05) is 19.5 Å². The van der Waals surface area contributed by atoms with Gasteiger partial charge in [0.2, 0.25) is 5.91 Å². The number of nitrogens with zero attached hydrogens (tertiary/aromatic N) is 1. The fraction of sp³-hybridized carbons (Fsp3) is 0.533. The van der Waals surface area contributed by atoms with Crippen LogP contribution in [0.3, 0.4) is 0 Å². The molecule has 0 radical (unpaired) electrons. The number of β-amino-alcohol motifs (C(OH)–C–C–N with tert-alkyl or cyclic N) is 1. The van der Waals surface area contributed by atoms with E-state index in [2.05, 4.69) is 5.32 Å². The summed E-state index contributed by atoms with van der Waals surface area (Å²) in [5.74, 6) is -1.80. The van der Waals surface area contributed by atoms with E-state index in [1.807, 2.05) is 4.90 Å². The monoisotopic (exact) mass is 298 g/mol. The summed E-state index contributed by atoms with van der Waals surface area (Å²) in [6, 6.07) is 3.43. The summed E-state index contributed by atoms with van der Waals surface area (Å²) in [5, 5.41) is 12.7. The first-order valence-corrected chi connectivity index (χ1v) is 7.08. The highest BCUT2D eigenvalue weighted by Gasteiger charge is 2.25. The topological polar surface area (TPSA) is 52.6 Å². The van der Waals surface area contributed by atoms with Crippen LogP contribution >= 0.6 is 0 Å². The van der Waals surface area contributed by atoms with Crippen molar-refractivity contribution >= 4 is 5.91 Å². The number of piperidine rings is 1. The molecule has 1 aliphatic heterocycles. The van der Waals surface area contributed by atoms with Crippen molar-refractivity contribution in [3.05, 3.63) is 35.4 Å². The smallest absolute Gasteiger partial charge is 0.222 e. The number of hydrogen-bond acceptors (Lipinski definition) is 3. The molecule has 2 rings (SSSR count). The predicted molar refractivity (Wildman–Crippen MR) is 74.5 cm³/mol. The zero-order chi connectivity index (χ0) is 15.4. The number of halogens is 2. The third-order valence-corrected chi connectivity index (χ3v) is 3.96. The number of benzene rings is 1. The van der Waals surface area contributed by atoms with Gasteiger partial charge in [-0.15, -0.1) is 0 Å². The largest absolute Gasteiger partial charge is 0.387 e. The molecule has 1 fully saturated rings. The molecule has 1 unspecified atom stereocenters. The van der Waals surface area contributed by atoms with E-state index < -0.39 is 17.7 Å². The molecule has 0 bridgehead atoms. The van der Waals surface area contributed by atoms with E-state index in [-0.39, 0.29) is 11.8 Å². The second kappa shape index (κ2) is 6.95. The Morgan fingerprint density at radius 2 is 2.05 bits per heavy atom. The van der Waals surface area contributed by atoms with Crippen molar-refractivity contribution in [2.24, 2.45) is 5.92 Å². The Morgan fingerprint density at radius 1 is 1.38 bits per heavy atom. The molecule has 1 amide bonds. The summed E-state index contributed by atoms with van der Waals surface area (Å²) in [4.78, 5) is 13.6. The summed E-state index contributed by atoms with van der Waals surface area (Å²) in [6.07, 6.45) is 0.616. The summed E-state index contributed by atoms with van der Waals surface area (Å²) < 4.78 is 26.0. The molecule has 1 aromatic carbocycles. The molecule has 6 heteroatoms. The highest BCUT2D eigenvalue weighted by molar-refractivity contribution is 5.78. The molecule has 1 heterocycles. The maximum absolute atomic E-state index is 13.2. The molecule has 1 aliphatic rings. The molecule has 1 atom stereocenters. The first kappa shape index (κ1) is 15.9. The maximum atomic E-state index is 13.2. The minimum absolute atomic E-state index is 0.0201. The number of likely N-dealkylation sites (tertiary alicyclic amines) is 1. The summed E-state index contributed by atoms with van der Waals surface area (Å²) in [5.41, 5.74) is 0.363. The number of rotatable bonds is 4. The molecule has 0 spiro atoms. The van der Waals surface area contributed by atoms with Crippen molar-refractivity contribution in [1.29, 1.82) is 0 Å². The van der Waals surface area contributed by atoms with Crippen LogP contribution in [-0.4, -0.2) is 42.6 Å².